The van der Waals surface area contributed by atoms with E-state index in [9.17, 15) is 4.39 Å². The van der Waals surface area contributed by atoms with Gasteiger partial charge in [-0.2, -0.15) is 0 Å². The molecule has 0 fully saturated rings. The summed E-state index contributed by atoms with van der Waals surface area (Å²) in [5.41, 5.74) is 2.28. The van der Waals surface area contributed by atoms with Crippen LogP contribution in [0.15, 0.2) is 115 Å². The second-order valence-corrected chi connectivity index (χ2v) is 9.45. The van der Waals surface area contributed by atoms with E-state index >= 15 is 0 Å². The minimum Gasteiger partial charge on any atom is -0.255 e. The smallest absolute Gasteiger partial charge is 0.132 e. The van der Waals surface area contributed by atoms with E-state index in [-0.39, 0.29) is 28.2 Å². The average Bonchev–Trinajstić information content (AvgIpc) is 2.86. The summed E-state index contributed by atoms with van der Waals surface area (Å²) >= 11 is 0. The van der Waals surface area contributed by atoms with Crippen molar-refractivity contribution in [1.82, 2.24) is 4.98 Å². The predicted molar refractivity (Wildman–Crippen MR) is 133 cm³/mol. The van der Waals surface area contributed by atoms with Gasteiger partial charge < -0.3 is 0 Å². The summed E-state index contributed by atoms with van der Waals surface area (Å²) in [6, 6.07) is 36.1. The van der Waals surface area contributed by atoms with Gasteiger partial charge in [-0.05, 0) is 48.9 Å². The average molecular weight is 628 g/mol. The molecule has 0 aliphatic carbocycles. The molecule has 1 nitrogen and oxygen atoms in total. The van der Waals surface area contributed by atoms with Crippen LogP contribution in [-0.4, -0.2) is 4.98 Å². The van der Waals surface area contributed by atoms with Crippen LogP contribution in [-0.2, 0) is 22.4 Å². The molecule has 1 heterocycles. The van der Waals surface area contributed by atoms with Crippen molar-refractivity contribution < 1.29 is 26.8 Å². The van der Waals surface area contributed by atoms with Gasteiger partial charge in [0, 0.05) is 44.8 Å². The van der Waals surface area contributed by atoms with Gasteiger partial charge in [-0.3, -0.25) is 4.98 Å². The van der Waals surface area contributed by atoms with E-state index in [2.05, 4.69) is 83.6 Å². The van der Waals surface area contributed by atoms with Crippen LogP contribution in [0, 0.1) is 17.7 Å². The van der Waals surface area contributed by atoms with Gasteiger partial charge in [0.05, 0.1) is 11.1 Å². The Hall–Kier alpha value is -3.05. The Morgan fingerprint density at radius 3 is 1.91 bits per heavy atom. The molecule has 0 unspecified atom stereocenters. The van der Waals surface area contributed by atoms with Crippen molar-refractivity contribution in [2.75, 3.05) is 0 Å². The van der Waals surface area contributed by atoms with Crippen molar-refractivity contribution >= 4 is 34.7 Å². The fourth-order valence-electron chi connectivity index (χ4n) is 3.73. The number of fused-ring (bicyclic) bond motifs is 1. The molecule has 163 valence electrons. The number of hydrogen-bond donors (Lipinski definition) is 0. The molecule has 0 atom stereocenters. The third-order valence-electron chi connectivity index (χ3n) is 5.22. The third kappa shape index (κ3) is 4.98. The Bertz CT molecular complexity index is 1400. The Morgan fingerprint density at radius 1 is 0.606 bits per heavy atom. The Kier molecular flexibility index (Phi) is 7.50. The molecule has 0 bridgehead atoms. The summed E-state index contributed by atoms with van der Waals surface area (Å²) in [6.07, 6.45) is 1.67. The molecule has 0 saturated heterocycles. The molecule has 5 rings (SSSR count). The second kappa shape index (κ2) is 10.7. The summed E-state index contributed by atoms with van der Waals surface area (Å²) in [6.45, 7) is 0. The molecular formula is C29H19AuFNP. The molecule has 1 aromatic heterocycles. The third-order valence-corrected chi connectivity index (χ3v) is 7.72. The summed E-state index contributed by atoms with van der Waals surface area (Å²) in [4.78, 5) is 4.37. The van der Waals surface area contributed by atoms with E-state index in [1.807, 2.05) is 18.2 Å². The van der Waals surface area contributed by atoms with Crippen LogP contribution in [0.4, 0.5) is 4.39 Å². The number of aromatic nitrogens is 1. The molecule has 0 saturated carbocycles. The predicted octanol–water partition coefficient (Wildman–Crippen LogP) is 5.53. The number of benzene rings is 4. The molecule has 0 aliphatic heterocycles. The molecule has 0 spiro atoms. The van der Waals surface area contributed by atoms with Gasteiger partial charge in [0.15, 0.2) is 0 Å². The summed E-state index contributed by atoms with van der Waals surface area (Å²) in [5, 5.41) is 4.24. The van der Waals surface area contributed by atoms with Gasteiger partial charge in [-0.1, -0.05) is 90.7 Å². The first-order valence-electron chi connectivity index (χ1n) is 10.4. The first kappa shape index (κ1) is 23.1. The van der Waals surface area contributed by atoms with Crippen LogP contribution >= 0.6 is 7.92 Å². The first-order valence-corrected chi connectivity index (χ1v) is 11.7. The normalized spacial score (nSPS) is 10.4. The minimum absolute atomic E-state index is 0. The fourth-order valence-corrected chi connectivity index (χ4v) is 6.13. The Morgan fingerprint density at radius 2 is 1.21 bits per heavy atom. The quantitative estimate of drug-likeness (QED) is 0.146. The van der Waals surface area contributed by atoms with E-state index < -0.39 is 7.92 Å². The maximum atomic E-state index is 14.2. The van der Waals surface area contributed by atoms with Crippen molar-refractivity contribution in [3.05, 3.63) is 132 Å². The molecule has 4 heteroatoms. The number of halogens is 1. The molecule has 0 aliphatic rings. The Labute approximate surface area is 210 Å². The molecule has 5 aromatic rings. The zero-order valence-corrected chi connectivity index (χ0v) is 20.6. The largest absolute Gasteiger partial charge is 0.255 e. The van der Waals surface area contributed by atoms with Gasteiger partial charge in [0.25, 0.3) is 0 Å². The molecular weight excluding hydrogens is 609 g/mol. The number of nitrogens with zero attached hydrogens (tertiary/aromatic N) is 1. The van der Waals surface area contributed by atoms with Gasteiger partial charge in [-0.15, -0.1) is 0 Å². The van der Waals surface area contributed by atoms with E-state index in [1.54, 1.807) is 24.4 Å². The van der Waals surface area contributed by atoms with Gasteiger partial charge >= 0.3 is 0 Å². The van der Waals surface area contributed by atoms with Crippen LogP contribution in [0.5, 0.6) is 0 Å². The van der Waals surface area contributed by atoms with Crippen LogP contribution in [0.1, 0.15) is 11.1 Å². The fraction of sp³-hybridized carbons (Fsp3) is 0. The summed E-state index contributed by atoms with van der Waals surface area (Å²) in [7, 11) is -0.765. The summed E-state index contributed by atoms with van der Waals surface area (Å²) in [5.74, 6) is 6.34. The van der Waals surface area contributed by atoms with Gasteiger partial charge in [0.1, 0.15) is 5.82 Å². The SMILES string of the molecule is Fc1ccc(C#Cc2ccccc2P(c2ccccc2)c2ccccc2)c2ncccc12.[Au]. The molecule has 1 radical (unpaired) electrons. The number of hydrogen-bond acceptors (Lipinski definition) is 1. The van der Waals surface area contributed by atoms with Crippen LogP contribution < -0.4 is 15.9 Å². The van der Waals surface area contributed by atoms with Crippen molar-refractivity contribution in [3.8, 4) is 11.8 Å². The standard InChI is InChI=1S/C29H19FNP.Au/c30-27-20-19-23(29-26(27)15-9-21-31-29)18-17-22-10-7-8-16-28(22)32(24-11-3-1-4-12-24)25-13-5-2-6-14-25;/h1-16,19-21H;. The van der Waals surface area contributed by atoms with Gasteiger partial charge in [-0.25, -0.2) is 4.39 Å². The number of pyridine rings is 1. The van der Waals surface area contributed by atoms with Crippen molar-refractivity contribution in [3.63, 3.8) is 0 Å². The van der Waals surface area contributed by atoms with Crippen LogP contribution in [0.2, 0.25) is 0 Å². The van der Waals surface area contributed by atoms with Crippen molar-refractivity contribution in [2.24, 2.45) is 0 Å². The topological polar surface area (TPSA) is 12.9 Å². The van der Waals surface area contributed by atoms with E-state index in [0.29, 0.717) is 10.9 Å². The molecule has 33 heavy (non-hydrogen) atoms. The van der Waals surface area contributed by atoms with Gasteiger partial charge in [0.2, 0.25) is 0 Å². The monoisotopic (exact) mass is 628 g/mol. The van der Waals surface area contributed by atoms with Crippen LogP contribution in [0.25, 0.3) is 10.9 Å². The molecule has 0 N–H and O–H groups in total. The van der Waals surface area contributed by atoms with E-state index in [4.69, 9.17) is 0 Å². The minimum atomic E-state index is -0.765. The van der Waals surface area contributed by atoms with Crippen molar-refractivity contribution in [2.45, 2.75) is 0 Å². The van der Waals surface area contributed by atoms with Crippen molar-refractivity contribution in [1.29, 1.82) is 0 Å². The number of rotatable bonds is 3. The summed E-state index contributed by atoms with van der Waals surface area (Å²) < 4.78 is 14.2. The van der Waals surface area contributed by atoms with Crippen LogP contribution in [0.3, 0.4) is 0 Å². The molecule has 0 amide bonds. The Balaban J connectivity index is 0.00000259. The van der Waals surface area contributed by atoms with E-state index in [1.165, 1.54) is 22.0 Å². The van der Waals surface area contributed by atoms with E-state index in [0.717, 1.165) is 11.1 Å². The maximum Gasteiger partial charge on any atom is 0.132 e. The maximum absolute atomic E-state index is 14.2. The first-order chi connectivity index (χ1) is 15.8. The zero-order valence-electron chi connectivity index (χ0n) is 17.5. The molecule has 4 aromatic carbocycles. The second-order valence-electron chi connectivity index (χ2n) is 7.27. The zero-order chi connectivity index (χ0) is 21.8.